The maximum Gasteiger partial charge on any atom is 0.307 e. The number of nitrogens with one attached hydrogen (secondary N) is 4. The number of benzene rings is 1. The number of amides is 4. The third kappa shape index (κ3) is 8.73. The normalized spacial score (nSPS) is 19.0. The Morgan fingerprint density at radius 1 is 0.976 bits per heavy atom. The van der Waals surface area contributed by atoms with Crippen molar-refractivity contribution in [1.82, 2.24) is 26.3 Å². The summed E-state index contributed by atoms with van der Waals surface area (Å²) in [5.41, 5.74) is 0.818. The van der Waals surface area contributed by atoms with Crippen LogP contribution >= 0.6 is 0 Å². The van der Waals surface area contributed by atoms with Crippen LogP contribution in [-0.4, -0.2) is 53.0 Å². The Balaban J connectivity index is 1.49. The van der Waals surface area contributed by atoms with Gasteiger partial charge in [0.15, 0.2) is 0 Å². The highest BCUT2D eigenvalue weighted by atomic mass is 16.4. The molecule has 4 amide bonds. The first-order valence-corrected chi connectivity index (χ1v) is 14.5. The van der Waals surface area contributed by atoms with Crippen LogP contribution in [0.2, 0.25) is 0 Å². The van der Waals surface area contributed by atoms with Gasteiger partial charge in [0.2, 0.25) is 17.6 Å². The Bertz CT molecular complexity index is 1220. The van der Waals surface area contributed by atoms with Crippen LogP contribution in [0.25, 0.3) is 0 Å². The number of carbonyl (C=O) groups is 5. The van der Waals surface area contributed by atoms with E-state index in [0.717, 1.165) is 44.1 Å². The quantitative estimate of drug-likeness (QED) is 0.287. The van der Waals surface area contributed by atoms with Crippen molar-refractivity contribution in [3.8, 4) is 0 Å². The molecule has 3 atom stereocenters. The largest absolute Gasteiger partial charge is 0.438 e. The number of carbonyl (C=O) groups excluding carboxylic acids is 5. The van der Waals surface area contributed by atoms with E-state index in [2.05, 4.69) is 26.3 Å². The molecule has 2 aromatic rings. The number of hydrogen-bond acceptors (Lipinski definition) is 7. The molecule has 220 valence electrons. The lowest BCUT2D eigenvalue weighted by atomic mass is 9.84. The van der Waals surface area contributed by atoms with Gasteiger partial charge in [0, 0.05) is 19.0 Å². The molecule has 1 aromatic heterocycles. The molecule has 1 saturated carbocycles. The van der Waals surface area contributed by atoms with Gasteiger partial charge in [-0.15, -0.1) is 0 Å². The van der Waals surface area contributed by atoms with Crippen molar-refractivity contribution in [2.24, 2.45) is 11.8 Å². The molecular weight excluding hydrogens is 526 g/mol. The molecule has 0 radical (unpaired) electrons. The summed E-state index contributed by atoms with van der Waals surface area (Å²) in [6, 6.07) is 6.95. The second-order valence-corrected chi connectivity index (χ2v) is 11.0. The number of ketones is 1. The highest BCUT2D eigenvalue weighted by Gasteiger charge is 2.36. The summed E-state index contributed by atoms with van der Waals surface area (Å²) in [6.45, 7) is 2.36. The lowest BCUT2D eigenvalue weighted by Gasteiger charge is -2.29. The summed E-state index contributed by atoms with van der Waals surface area (Å²) in [5, 5.41) is 10.9. The van der Waals surface area contributed by atoms with Gasteiger partial charge >= 0.3 is 5.91 Å². The zero-order chi connectivity index (χ0) is 29.2. The zero-order valence-electron chi connectivity index (χ0n) is 23.4. The van der Waals surface area contributed by atoms with E-state index in [1.165, 1.54) is 6.20 Å². The summed E-state index contributed by atoms with van der Waals surface area (Å²) >= 11 is 0. The van der Waals surface area contributed by atoms with Crippen LogP contribution in [0, 0.1) is 18.8 Å². The molecule has 2 fully saturated rings. The number of oxazole rings is 1. The molecule has 0 unspecified atom stereocenters. The third-order valence-electron chi connectivity index (χ3n) is 7.80. The minimum Gasteiger partial charge on any atom is -0.438 e. The van der Waals surface area contributed by atoms with E-state index < -0.39 is 41.5 Å². The number of piperidine rings is 1. The van der Waals surface area contributed by atoms with E-state index in [4.69, 9.17) is 4.42 Å². The van der Waals surface area contributed by atoms with Gasteiger partial charge in [-0.25, -0.2) is 4.98 Å². The van der Waals surface area contributed by atoms with Crippen molar-refractivity contribution in [2.45, 2.75) is 83.3 Å². The van der Waals surface area contributed by atoms with Gasteiger partial charge < -0.3 is 25.7 Å². The average Bonchev–Trinajstić information content (AvgIpc) is 3.43. The predicted molar refractivity (Wildman–Crippen MR) is 149 cm³/mol. The molecule has 0 bridgehead atoms. The summed E-state index contributed by atoms with van der Waals surface area (Å²) in [5.74, 6) is -3.12. The van der Waals surface area contributed by atoms with Gasteiger partial charge in [-0.3, -0.25) is 24.0 Å². The van der Waals surface area contributed by atoms with E-state index in [0.29, 0.717) is 25.1 Å². The van der Waals surface area contributed by atoms with Gasteiger partial charge in [-0.05, 0) is 44.1 Å². The fourth-order valence-electron chi connectivity index (χ4n) is 5.54. The van der Waals surface area contributed by atoms with Crippen LogP contribution in [0.4, 0.5) is 0 Å². The second-order valence-electron chi connectivity index (χ2n) is 11.0. The predicted octanol–water partition coefficient (Wildman–Crippen LogP) is 2.34. The van der Waals surface area contributed by atoms with Gasteiger partial charge in [-0.1, -0.05) is 62.4 Å². The Morgan fingerprint density at radius 2 is 1.73 bits per heavy atom. The molecule has 2 aliphatic rings. The lowest BCUT2D eigenvalue weighted by molar-refractivity contribution is -0.141. The highest BCUT2D eigenvalue weighted by molar-refractivity contribution is 6.38. The molecule has 11 heteroatoms. The molecule has 1 saturated heterocycles. The summed E-state index contributed by atoms with van der Waals surface area (Å²) in [6.07, 6.45) is 8.16. The standard InChI is InChI=1S/C30H39N5O6/c1-19-17-33-30(41-19)29(40)35-24(15-20-9-4-2-5-10-20)27(38)34-23(16-22-13-8-14-31-26(22)37)25(36)28(39)32-18-21-11-6-3-7-12-21/h3,6-7,11-12,17,20,22-24H,2,4-5,8-10,13-16,18H2,1H3,(H,31,37)(H,32,39)(H,34,38)(H,35,40)/t22-,23-,24-/m0/s1. The summed E-state index contributed by atoms with van der Waals surface area (Å²) < 4.78 is 5.34. The minimum absolute atomic E-state index is 0.0157. The van der Waals surface area contributed by atoms with Gasteiger partial charge in [0.25, 0.3) is 11.8 Å². The highest BCUT2D eigenvalue weighted by Crippen LogP contribution is 2.28. The Hall–Kier alpha value is -4.02. The first-order chi connectivity index (χ1) is 19.8. The Morgan fingerprint density at radius 3 is 2.41 bits per heavy atom. The monoisotopic (exact) mass is 565 g/mol. The van der Waals surface area contributed by atoms with Crippen molar-refractivity contribution in [2.75, 3.05) is 6.54 Å². The van der Waals surface area contributed by atoms with Gasteiger partial charge in [0.1, 0.15) is 11.8 Å². The first-order valence-electron chi connectivity index (χ1n) is 14.5. The Labute approximate surface area is 239 Å². The molecule has 1 aliphatic heterocycles. The molecule has 1 aliphatic carbocycles. The van der Waals surface area contributed by atoms with E-state index in [1.54, 1.807) is 6.92 Å². The van der Waals surface area contributed by atoms with Crippen LogP contribution in [0.15, 0.2) is 40.9 Å². The fourth-order valence-corrected chi connectivity index (χ4v) is 5.54. The maximum absolute atomic E-state index is 13.7. The van der Waals surface area contributed by atoms with Crippen molar-refractivity contribution >= 4 is 29.4 Å². The topological polar surface area (TPSA) is 160 Å². The SMILES string of the molecule is Cc1cnc(C(=O)N[C@@H](CC2CCCCC2)C(=O)N[C@@H](C[C@@H]2CCCNC2=O)C(=O)C(=O)NCc2ccccc2)o1. The van der Waals surface area contributed by atoms with E-state index in [9.17, 15) is 24.0 Å². The number of hydrogen-bond donors (Lipinski definition) is 4. The van der Waals surface area contributed by atoms with E-state index in [1.807, 2.05) is 30.3 Å². The third-order valence-corrected chi connectivity index (χ3v) is 7.80. The molecule has 4 rings (SSSR count). The average molecular weight is 566 g/mol. The van der Waals surface area contributed by atoms with Crippen LogP contribution in [-0.2, 0) is 25.7 Å². The smallest absolute Gasteiger partial charge is 0.307 e. The van der Waals surface area contributed by atoms with Gasteiger partial charge in [-0.2, -0.15) is 0 Å². The van der Waals surface area contributed by atoms with Gasteiger partial charge in [0.05, 0.1) is 12.2 Å². The van der Waals surface area contributed by atoms with Crippen molar-refractivity contribution in [3.63, 3.8) is 0 Å². The first kappa shape index (κ1) is 30.0. The molecule has 2 heterocycles. The minimum atomic E-state index is -1.23. The zero-order valence-corrected chi connectivity index (χ0v) is 23.4. The van der Waals surface area contributed by atoms with Crippen LogP contribution in [0.3, 0.4) is 0 Å². The van der Waals surface area contributed by atoms with E-state index >= 15 is 0 Å². The van der Waals surface area contributed by atoms with Crippen molar-refractivity contribution < 1.29 is 28.4 Å². The number of nitrogens with zero attached hydrogens (tertiary/aromatic N) is 1. The molecule has 11 nitrogen and oxygen atoms in total. The summed E-state index contributed by atoms with van der Waals surface area (Å²) in [4.78, 5) is 69.3. The number of Topliss-reactive ketones (excluding diaryl/α,β-unsaturated/α-hetero) is 1. The van der Waals surface area contributed by atoms with Crippen molar-refractivity contribution in [3.05, 3.63) is 53.7 Å². The number of aromatic nitrogens is 1. The van der Waals surface area contributed by atoms with Crippen LogP contribution in [0.5, 0.6) is 0 Å². The summed E-state index contributed by atoms with van der Waals surface area (Å²) in [7, 11) is 0. The number of rotatable bonds is 12. The van der Waals surface area contributed by atoms with E-state index in [-0.39, 0.29) is 30.7 Å². The molecule has 0 spiro atoms. The molecule has 4 N–H and O–H groups in total. The van der Waals surface area contributed by atoms with Crippen LogP contribution < -0.4 is 21.3 Å². The Kier molecular flexibility index (Phi) is 10.6. The van der Waals surface area contributed by atoms with Crippen molar-refractivity contribution in [1.29, 1.82) is 0 Å². The lowest BCUT2D eigenvalue weighted by Crippen LogP contribution is -2.55. The second kappa shape index (κ2) is 14.6. The maximum atomic E-state index is 13.7. The molecule has 41 heavy (non-hydrogen) atoms. The molecule has 1 aromatic carbocycles. The molecular formula is C30H39N5O6. The fraction of sp³-hybridized carbons (Fsp3) is 0.533. The van der Waals surface area contributed by atoms with Crippen LogP contribution in [0.1, 0.15) is 79.8 Å². The number of aryl methyl sites for hydroxylation is 1.